The van der Waals surface area contributed by atoms with Crippen LogP contribution in [0.1, 0.15) is 30.9 Å². The number of nitrogens with zero attached hydrogens (tertiary/aromatic N) is 1. The van der Waals surface area contributed by atoms with Gasteiger partial charge in [0.1, 0.15) is 17.5 Å². The fourth-order valence-electron chi connectivity index (χ4n) is 8.62. The van der Waals surface area contributed by atoms with Crippen molar-refractivity contribution in [1.29, 1.82) is 0 Å². The predicted octanol–water partition coefficient (Wildman–Crippen LogP) is 2.26. The van der Waals surface area contributed by atoms with Gasteiger partial charge in [-0.05, 0) is 44.9 Å². The first-order valence-electron chi connectivity index (χ1n) is 10.3. The third kappa shape index (κ3) is 1.19. The van der Waals surface area contributed by atoms with Crippen molar-refractivity contribution in [3.8, 4) is 11.5 Å². The Balaban J connectivity index is 1.60. The third-order valence-electron chi connectivity index (χ3n) is 9.47. The Morgan fingerprint density at radius 3 is 2.82 bits per heavy atom. The Morgan fingerprint density at radius 1 is 1.29 bits per heavy atom. The van der Waals surface area contributed by atoms with Crippen molar-refractivity contribution in [3.63, 3.8) is 0 Å². The highest BCUT2D eigenvalue weighted by Gasteiger charge is 2.90. The summed E-state index contributed by atoms with van der Waals surface area (Å²) in [6.07, 6.45) is 7.39. The zero-order chi connectivity index (χ0) is 19.3. The number of likely N-dealkylation sites (N-methyl/N-ethyl adjacent to an activating group) is 1. The predicted molar refractivity (Wildman–Crippen MR) is 102 cm³/mol. The summed E-state index contributed by atoms with van der Waals surface area (Å²) >= 11 is 0. The smallest absolute Gasteiger partial charge is 0.166 e. The lowest BCUT2D eigenvalue weighted by Crippen LogP contribution is -2.73. The molecule has 1 aromatic rings. The molecule has 2 saturated carbocycles. The van der Waals surface area contributed by atoms with Gasteiger partial charge in [-0.15, -0.1) is 0 Å². The molecule has 8 rings (SSSR count). The molecule has 28 heavy (non-hydrogen) atoms. The summed E-state index contributed by atoms with van der Waals surface area (Å²) in [6, 6.07) is 4.75. The number of Topliss-reactive ketones (excluding diaryl/α,β-unsaturated/α-hetero) is 1. The van der Waals surface area contributed by atoms with Crippen molar-refractivity contribution >= 4 is 5.78 Å². The lowest BCUT2D eigenvalue weighted by atomic mass is 9.43. The molecular weight excluding hydrogens is 354 g/mol. The first-order valence-corrected chi connectivity index (χ1v) is 10.3. The van der Waals surface area contributed by atoms with Crippen LogP contribution in [0.4, 0.5) is 0 Å². The Morgan fingerprint density at radius 2 is 2.11 bits per heavy atom. The van der Waals surface area contributed by atoms with Crippen molar-refractivity contribution in [1.82, 2.24) is 4.90 Å². The van der Waals surface area contributed by atoms with Gasteiger partial charge < -0.3 is 14.2 Å². The molecule has 1 aromatic carbocycles. The van der Waals surface area contributed by atoms with E-state index in [-0.39, 0.29) is 34.2 Å². The van der Waals surface area contributed by atoms with Crippen LogP contribution in [0.3, 0.4) is 0 Å². The first-order chi connectivity index (χ1) is 13.4. The molecule has 3 fully saturated rings. The Hall–Kier alpha value is -1.85. The highest BCUT2D eigenvalue weighted by Crippen LogP contribution is 2.83. The highest BCUT2D eigenvalue weighted by atomic mass is 16.6. The minimum Gasteiger partial charge on any atom is -0.493 e. The van der Waals surface area contributed by atoms with Gasteiger partial charge in [0.05, 0.1) is 18.4 Å². The summed E-state index contributed by atoms with van der Waals surface area (Å²) in [5.74, 6) is 1.72. The number of hydrogen-bond acceptors (Lipinski definition) is 5. The van der Waals surface area contributed by atoms with E-state index in [1.54, 1.807) is 21.1 Å². The van der Waals surface area contributed by atoms with Crippen LogP contribution in [-0.2, 0) is 21.4 Å². The van der Waals surface area contributed by atoms with Crippen LogP contribution >= 0.6 is 0 Å². The van der Waals surface area contributed by atoms with E-state index in [4.69, 9.17) is 14.2 Å². The monoisotopic (exact) mass is 379 g/mol. The van der Waals surface area contributed by atoms with Crippen LogP contribution in [0.25, 0.3) is 0 Å². The van der Waals surface area contributed by atoms with Gasteiger partial charge >= 0.3 is 0 Å². The fourth-order valence-corrected chi connectivity index (χ4v) is 8.62. The molecule has 5 nitrogen and oxygen atoms in total. The molecule has 146 valence electrons. The molecule has 8 atom stereocenters. The summed E-state index contributed by atoms with van der Waals surface area (Å²) < 4.78 is 18.7. The lowest BCUT2D eigenvalue weighted by Gasteiger charge is -2.63. The second kappa shape index (κ2) is 4.19. The molecule has 2 aliphatic heterocycles. The van der Waals surface area contributed by atoms with Gasteiger partial charge in [-0.2, -0.15) is 0 Å². The van der Waals surface area contributed by atoms with Crippen LogP contribution in [0, 0.1) is 11.3 Å². The first kappa shape index (κ1) is 16.0. The number of likely N-dealkylation sites (tertiary alicyclic amines) is 1. The van der Waals surface area contributed by atoms with Crippen molar-refractivity contribution in [2.45, 2.75) is 54.9 Å². The maximum absolute atomic E-state index is 12.8. The highest BCUT2D eigenvalue weighted by molar-refractivity contribution is 5.83. The van der Waals surface area contributed by atoms with Crippen LogP contribution in [0.5, 0.6) is 11.5 Å². The molecule has 6 unspecified atom stereocenters. The standard InChI is InChI=1S/C23H25NO4/c1-12(25)14-10-20-7-8-23(14,27-4)19-22(20)11-21(18(20)24(21)2)9-13-5-6-15(26-3)17(28-19)16(13)22/h5-8,14,18-19H,9-11H2,1-4H3/t14?,18?,19?,20?,21-,22+,23?,24?/m1/s1. The van der Waals surface area contributed by atoms with Gasteiger partial charge in [0, 0.05) is 29.7 Å². The van der Waals surface area contributed by atoms with Crippen LogP contribution < -0.4 is 9.47 Å². The topological polar surface area (TPSA) is 47.8 Å². The number of ketones is 1. The van der Waals surface area contributed by atoms with Gasteiger partial charge in [0.15, 0.2) is 11.5 Å². The van der Waals surface area contributed by atoms with Crippen molar-refractivity contribution in [2.24, 2.45) is 11.3 Å². The summed E-state index contributed by atoms with van der Waals surface area (Å²) in [5.41, 5.74) is 2.01. The lowest BCUT2D eigenvalue weighted by molar-refractivity contribution is -0.186. The van der Waals surface area contributed by atoms with Crippen molar-refractivity contribution in [2.75, 3.05) is 21.3 Å². The molecular formula is C23H25NO4. The minimum absolute atomic E-state index is 0.0775. The van der Waals surface area contributed by atoms with Crippen LogP contribution in [0.2, 0.25) is 0 Å². The quantitative estimate of drug-likeness (QED) is 0.596. The molecule has 7 aliphatic rings. The van der Waals surface area contributed by atoms with Crippen molar-refractivity contribution in [3.05, 3.63) is 35.4 Å². The van der Waals surface area contributed by atoms with Gasteiger partial charge in [-0.3, -0.25) is 9.69 Å². The maximum Gasteiger partial charge on any atom is 0.166 e. The normalized spacial score (nSPS) is 52.1. The third-order valence-corrected chi connectivity index (χ3v) is 9.47. The molecule has 0 aromatic heterocycles. The average molecular weight is 379 g/mol. The number of carbonyl (C=O) groups is 1. The molecule has 3 spiro atoms. The number of piperidine rings is 1. The van der Waals surface area contributed by atoms with Crippen LogP contribution in [-0.4, -0.2) is 55.2 Å². The molecule has 5 aliphatic carbocycles. The number of hydrogen-bond donors (Lipinski definition) is 0. The van der Waals surface area contributed by atoms with E-state index in [0.717, 1.165) is 30.8 Å². The molecule has 2 heterocycles. The molecule has 5 heteroatoms. The summed E-state index contributed by atoms with van der Waals surface area (Å²) in [4.78, 5) is 15.4. The second-order valence-electron chi connectivity index (χ2n) is 9.87. The fraction of sp³-hybridized carbons (Fsp3) is 0.609. The maximum atomic E-state index is 12.8. The van der Waals surface area contributed by atoms with Gasteiger partial charge in [-0.1, -0.05) is 18.2 Å². The number of carbonyl (C=O) groups excluding carboxylic acids is 1. The number of rotatable bonds is 3. The summed E-state index contributed by atoms with van der Waals surface area (Å²) in [5, 5.41) is 0. The van der Waals surface area contributed by atoms with Crippen molar-refractivity contribution < 1.29 is 19.0 Å². The molecule has 0 radical (unpaired) electrons. The number of benzene rings is 1. The van der Waals surface area contributed by atoms with E-state index in [1.165, 1.54) is 11.1 Å². The van der Waals surface area contributed by atoms with Crippen LogP contribution in [0.15, 0.2) is 24.3 Å². The second-order valence-corrected chi connectivity index (χ2v) is 9.87. The van der Waals surface area contributed by atoms with E-state index in [2.05, 4.69) is 30.2 Å². The summed E-state index contributed by atoms with van der Waals surface area (Å²) in [6.45, 7) is 1.71. The Kier molecular flexibility index (Phi) is 2.40. The SMILES string of the molecule is COc1ccc2c3c1OC1C4(OC)C=CC5(CC4C(C)=O)C4N(C)[C@]4(C2)C[C@]315. The van der Waals surface area contributed by atoms with Gasteiger partial charge in [0.25, 0.3) is 0 Å². The number of fused-ring (bicyclic) bond motifs is 1. The molecule has 0 N–H and O–H groups in total. The minimum atomic E-state index is -0.706. The van der Waals surface area contributed by atoms with Gasteiger partial charge in [-0.25, -0.2) is 0 Å². The molecule has 1 saturated heterocycles. The van der Waals surface area contributed by atoms with E-state index in [9.17, 15) is 4.79 Å². The van der Waals surface area contributed by atoms with E-state index in [0.29, 0.717) is 6.04 Å². The zero-order valence-electron chi connectivity index (χ0n) is 16.7. The summed E-state index contributed by atoms with van der Waals surface area (Å²) in [7, 11) is 5.70. The van der Waals surface area contributed by atoms with E-state index in [1.807, 2.05) is 6.07 Å². The Bertz CT molecular complexity index is 1020. The van der Waals surface area contributed by atoms with Gasteiger partial charge in [0.2, 0.25) is 0 Å². The Labute approximate surface area is 164 Å². The average Bonchev–Trinajstić information content (AvgIpc) is 3.00. The van der Waals surface area contributed by atoms with E-state index >= 15 is 0 Å². The number of ether oxygens (including phenoxy) is 3. The largest absolute Gasteiger partial charge is 0.493 e. The molecule has 0 amide bonds. The number of methoxy groups -OCH3 is 2. The van der Waals surface area contributed by atoms with E-state index < -0.39 is 5.60 Å². The molecule has 4 bridgehead atoms. The zero-order valence-corrected chi connectivity index (χ0v) is 16.7.